The molecule has 0 spiro atoms. The Morgan fingerprint density at radius 1 is 1.61 bits per heavy atom. The molecule has 0 unspecified atom stereocenters. The van der Waals surface area contributed by atoms with Gasteiger partial charge in [-0.05, 0) is 6.07 Å². The van der Waals surface area contributed by atoms with Crippen LogP contribution in [0.1, 0.15) is 6.23 Å². The number of aromatic nitrogens is 2. The van der Waals surface area contributed by atoms with Crippen molar-refractivity contribution in [2.24, 2.45) is 0 Å². The van der Waals surface area contributed by atoms with Gasteiger partial charge in [0, 0.05) is 11.8 Å². The molecule has 0 aromatic carbocycles. The molecule has 96 valence electrons. The molecule has 18 heavy (non-hydrogen) atoms. The number of nitrogens with zero attached hydrogens (tertiary/aromatic N) is 2. The van der Waals surface area contributed by atoms with E-state index in [2.05, 4.69) is 18.1 Å². The Morgan fingerprint density at radius 2 is 2.28 bits per heavy atom. The van der Waals surface area contributed by atoms with Crippen LogP contribution >= 0.6 is 0 Å². The second-order valence-corrected chi connectivity index (χ2v) is 3.96. The first-order valence-corrected chi connectivity index (χ1v) is 5.16. The van der Waals surface area contributed by atoms with Crippen molar-refractivity contribution in [1.29, 1.82) is 0 Å². The van der Waals surface area contributed by atoms with Gasteiger partial charge >= 0.3 is 5.69 Å². The lowest BCUT2D eigenvalue weighted by molar-refractivity contribution is -0.0170. The van der Waals surface area contributed by atoms with Crippen LogP contribution in [0.5, 0.6) is 0 Å². The van der Waals surface area contributed by atoms with Crippen LogP contribution in [-0.4, -0.2) is 32.0 Å². The molecule has 1 aliphatic heterocycles. The molecule has 7 heteroatoms. The van der Waals surface area contributed by atoms with Gasteiger partial charge in [0.25, 0.3) is 0 Å². The van der Waals surface area contributed by atoms with Gasteiger partial charge in [-0.3, -0.25) is 4.57 Å². The van der Waals surface area contributed by atoms with Crippen molar-refractivity contribution in [3.05, 3.63) is 47.2 Å². The van der Waals surface area contributed by atoms with Crippen molar-refractivity contribution in [3.63, 3.8) is 0 Å². The number of rotatable bonds is 2. The SMILES string of the molecule is C=C(O)[C@H]1O[C@@H](n2ccc(N)nc2=O)C(=C)[C@@H]1O. The minimum Gasteiger partial charge on any atom is -0.510 e. The average Bonchev–Trinajstić information content (AvgIpc) is 2.57. The van der Waals surface area contributed by atoms with E-state index in [0.29, 0.717) is 0 Å². The van der Waals surface area contributed by atoms with Crippen molar-refractivity contribution >= 4 is 5.82 Å². The smallest absolute Gasteiger partial charge is 0.351 e. The predicted molar refractivity (Wildman–Crippen MR) is 63.7 cm³/mol. The quantitative estimate of drug-likeness (QED) is 0.492. The van der Waals surface area contributed by atoms with Gasteiger partial charge in [0.05, 0.1) is 0 Å². The summed E-state index contributed by atoms with van der Waals surface area (Å²) in [6, 6.07) is 1.42. The zero-order chi connectivity index (χ0) is 13.4. The molecule has 2 heterocycles. The topological polar surface area (TPSA) is 111 Å². The molecule has 1 saturated heterocycles. The van der Waals surface area contributed by atoms with Crippen molar-refractivity contribution in [2.75, 3.05) is 5.73 Å². The van der Waals surface area contributed by atoms with Gasteiger partial charge < -0.3 is 20.7 Å². The normalized spacial score (nSPS) is 27.4. The number of ether oxygens (including phenoxy) is 1. The van der Waals surface area contributed by atoms with Crippen LogP contribution in [0, 0.1) is 0 Å². The first-order chi connectivity index (χ1) is 8.41. The molecular formula is C11H13N3O4. The monoisotopic (exact) mass is 251 g/mol. The Hall–Kier alpha value is -2.12. The predicted octanol–water partition coefficient (Wildman–Crippen LogP) is -0.288. The van der Waals surface area contributed by atoms with Crippen LogP contribution in [0.3, 0.4) is 0 Å². The van der Waals surface area contributed by atoms with Gasteiger partial charge in [-0.25, -0.2) is 4.79 Å². The summed E-state index contributed by atoms with van der Waals surface area (Å²) in [4.78, 5) is 15.2. The molecule has 0 radical (unpaired) electrons. The van der Waals surface area contributed by atoms with E-state index >= 15 is 0 Å². The fourth-order valence-electron chi connectivity index (χ4n) is 1.75. The summed E-state index contributed by atoms with van der Waals surface area (Å²) in [6.45, 7) is 6.94. The molecule has 3 atom stereocenters. The molecule has 0 saturated carbocycles. The third-order valence-electron chi connectivity index (χ3n) is 2.69. The van der Waals surface area contributed by atoms with Crippen LogP contribution in [0.4, 0.5) is 5.82 Å². The number of anilines is 1. The van der Waals surface area contributed by atoms with Gasteiger partial charge in [0.15, 0.2) is 6.23 Å². The van der Waals surface area contributed by atoms with E-state index in [0.717, 1.165) is 4.57 Å². The summed E-state index contributed by atoms with van der Waals surface area (Å²) in [5, 5.41) is 19.1. The Labute approximate surface area is 102 Å². The Bertz CT molecular complexity index is 566. The maximum atomic E-state index is 11.6. The lowest BCUT2D eigenvalue weighted by atomic mass is 10.1. The van der Waals surface area contributed by atoms with Crippen LogP contribution in [0.2, 0.25) is 0 Å². The highest BCUT2D eigenvalue weighted by Gasteiger charge is 2.40. The third-order valence-corrected chi connectivity index (χ3v) is 2.69. The zero-order valence-electron chi connectivity index (χ0n) is 9.48. The van der Waals surface area contributed by atoms with Crippen molar-refractivity contribution in [2.45, 2.75) is 18.4 Å². The van der Waals surface area contributed by atoms with Crippen LogP contribution in [0.25, 0.3) is 0 Å². The highest BCUT2D eigenvalue weighted by atomic mass is 16.5. The molecule has 0 bridgehead atoms. The van der Waals surface area contributed by atoms with Gasteiger partial charge in [-0.15, -0.1) is 0 Å². The summed E-state index contributed by atoms with van der Waals surface area (Å²) in [5.41, 5.74) is 4.98. The van der Waals surface area contributed by atoms with E-state index < -0.39 is 24.1 Å². The largest absolute Gasteiger partial charge is 0.510 e. The van der Waals surface area contributed by atoms with Crippen molar-refractivity contribution < 1.29 is 14.9 Å². The van der Waals surface area contributed by atoms with Gasteiger partial charge in [0.1, 0.15) is 23.8 Å². The maximum Gasteiger partial charge on any atom is 0.351 e. The maximum absolute atomic E-state index is 11.6. The summed E-state index contributed by atoms with van der Waals surface area (Å²) < 4.78 is 6.47. The standard InChI is InChI=1S/C11H13N3O4/c1-5-8(16)9(6(2)15)18-10(5)14-4-3-7(12)13-11(14)17/h3-4,8-10,15-16H,1-2H2,(H2,12,13,17)/t8-,9+,10+/m0/s1. The zero-order valence-corrected chi connectivity index (χ0v) is 9.48. The van der Waals surface area contributed by atoms with E-state index in [-0.39, 0.29) is 17.2 Å². The summed E-state index contributed by atoms with van der Waals surface area (Å²) in [5.74, 6) is -0.244. The number of aliphatic hydroxyl groups excluding tert-OH is 2. The molecule has 1 aromatic heterocycles. The van der Waals surface area contributed by atoms with Gasteiger partial charge in [-0.1, -0.05) is 13.2 Å². The van der Waals surface area contributed by atoms with E-state index in [1.165, 1.54) is 12.3 Å². The number of nitrogen functional groups attached to an aromatic ring is 1. The summed E-state index contributed by atoms with van der Waals surface area (Å²) >= 11 is 0. The fraction of sp³-hybridized carbons (Fsp3) is 0.273. The molecule has 1 fully saturated rings. The molecule has 4 N–H and O–H groups in total. The van der Waals surface area contributed by atoms with Crippen molar-refractivity contribution in [1.82, 2.24) is 9.55 Å². The highest BCUT2D eigenvalue weighted by molar-refractivity contribution is 5.25. The minimum atomic E-state index is -1.13. The van der Waals surface area contributed by atoms with E-state index in [1.807, 2.05) is 0 Å². The molecular weight excluding hydrogens is 238 g/mol. The molecule has 0 amide bonds. The molecule has 2 rings (SSSR count). The number of nitrogens with two attached hydrogens (primary N) is 1. The van der Waals surface area contributed by atoms with Crippen LogP contribution in [0.15, 0.2) is 41.5 Å². The van der Waals surface area contributed by atoms with Crippen molar-refractivity contribution in [3.8, 4) is 0 Å². The summed E-state index contributed by atoms with van der Waals surface area (Å²) in [6.07, 6.45) is -1.66. The minimum absolute atomic E-state index is 0.0866. The number of hydrogen-bond donors (Lipinski definition) is 3. The Balaban J connectivity index is 2.38. The number of hydrogen-bond acceptors (Lipinski definition) is 6. The second-order valence-electron chi connectivity index (χ2n) is 3.96. The van der Waals surface area contributed by atoms with Gasteiger partial charge in [-0.2, -0.15) is 4.98 Å². The van der Waals surface area contributed by atoms with Crippen LogP contribution in [-0.2, 0) is 4.74 Å². The van der Waals surface area contributed by atoms with Gasteiger partial charge in [0.2, 0.25) is 0 Å². The average molecular weight is 251 g/mol. The molecule has 1 aromatic rings. The van der Waals surface area contributed by atoms with E-state index in [4.69, 9.17) is 10.5 Å². The fourth-order valence-corrected chi connectivity index (χ4v) is 1.75. The molecule has 7 nitrogen and oxygen atoms in total. The summed E-state index contributed by atoms with van der Waals surface area (Å²) in [7, 11) is 0. The van der Waals surface area contributed by atoms with Crippen LogP contribution < -0.4 is 11.4 Å². The Morgan fingerprint density at radius 3 is 2.78 bits per heavy atom. The Kier molecular flexibility index (Phi) is 2.93. The second kappa shape index (κ2) is 4.28. The van der Waals surface area contributed by atoms with E-state index in [9.17, 15) is 15.0 Å². The first kappa shape index (κ1) is 12.3. The lowest BCUT2D eigenvalue weighted by Gasteiger charge is -2.14. The van der Waals surface area contributed by atoms with E-state index in [1.54, 1.807) is 0 Å². The third kappa shape index (κ3) is 1.89. The molecule has 1 aliphatic rings. The lowest BCUT2D eigenvalue weighted by Crippen LogP contribution is -2.28. The molecule has 0 aliphatic carbocycles. The first-order valence-electron chi connectivity index (χ1n) is 5.16. The number of aliphatic hydroxyl groups is 2. The highest BCUT2D eigenvalue weighted by Crippen LogP contribution is 2.34.